The molecule has 3 aromatic carbocycles. The highest BCUT2D eigenvalue weighted by Crippen LogP contribution is 2.19. The van der Waals surface area contributed by atoms with Gasteiger partial charge in [-0.05, 0) is 54.3 Å². The van der Waals surface area contributed by atoms with Crippen LogP contribution in [0, 0.1) is 13.8 Å². The summed E-state index contributed by atoms with van der Waals surface area (Å²) in [5.41, 5.74) is 5.61. The Morgan fingerprint density at radius 2 is 1.59 bits per heavy atom. The highest BCUT2D eigenvalue weighted by molar-refractivity contribution is 7.85. The first kappa shape index (κ1) is 22.7. The minimum absolute atomic E-state index is 0.0666. The topological polar surface area (TPSA) is 67.3 Å². The first-order valence-electron chi connectivity index (χ1n) is 9.16. The number of aryl methyl sites for hydroxylation is 3. The minimum atomic E-state index is -4.02. The zero-order valence-electron chi connectivity index (χ0n) is 16.7. The van der Waals surface area contributed by atoms with Gasteiger partial charge in [-0.15, -0.1) is 11.3 Å². The second kappa shape index (κ2) is 10.9. The maximum absolute atomic E-state index is 10.5. The SMILES string of the molecule is CCc1cc2ccccc2cc1C.Cc1ccc(S(=O)(=O)O)cc1.c1cscn1. The van der Waals surface area contributed by atoms with E-state index in [4.69, 9.17) is 4.55 Å². The Kier molecular flexibility index (Phi) is 8.51. The Morgan fingerprint density at radius 3 is 2.03 bits per heavy atom. The van der Waals surface area contributed by atoms with Gasteiger partial charge in [-0.2, -0.15) is 8.42 Å². The molecule has 0 aliphatic rings. The van der Waals surface area contributed by atoms with E-state index in [1.807, 2.05) is 12.3 Å². The van der Waals surface area contributed by atoms with Crippen LogP contribution < -0.4 is 0 Å². The van der Waals surface area contributed by atoms with Crippen molar-refractivity contribution in [2.45, 2.75) is 32.1 Å². The standard InChI is InChI=1S/C13H14.C7H8O3S.C3H3NS/c1-3-11-9-13-7-5-4-6-12(13)8-10(11)2;1-6-2-4-7(5-3-6)11(8,9)10;1-2-5-3-4-1/h4-9H,3H2,1-2H3;2-5H,1H3,(H,8,9,10);1-3H. The Morgan fingerprint density at radius 1 is 0.966 bits per heavy atom. The van der Waals surface area contributed by atoms with Crippen molar-refractivity contribution in [1.29, 1.82) is 0 Å². The van der Waals surface area contributed by atoms with Crippen LogP contribution in [0.5, 0.6) is 0 Å². The van der Waals surface area contributed by atoms with E-state index in [1.54, 1.807) is 35.2 Å². The molecule has 4 rings (SSSR count). The third-order valence-electron chi connectivity index (χ3n) is 4.25. The van der Waals surface area contributed by atoms with E-state index in [2.05, 4.69) is 55.2 Å². The molecule has 1 N–H and O–H groups in total. The number of nitrogens with zero attached hydrogens (tertiary/aromatic N) is 1. The number of thiazole rings is 1. The summed E-state index contributed by atoms with van der Waals surface area (Å²) in [6.07, 6.45) is 2.89. The lowest BCUT2D eigenvalue weighted by Crippen LogP contribution is -1.96. The Labute approximate surface area is 176 Å². The zero-order chi connectivity index (χ0) is 21.3. The summed E-state index contributed by atoms with van der Waals surface area (Å²) in [5.74, 6) is 0. The van der Waals surface area contributed by atoms with Gasteiger partial charge in [0.05, 0.1) is 10.4 Å². The van der Waals surface area contributed by atoms with E-state index in [-0.39, 0.29) is 4.90 Å². The van der Waals surface area contributed by atoms with E-state index in [0.717, 1.165) is 12.0 Å². The minimum Gasteiger partial charge on any atom is -0.282 e. The fourth-order valence-electron chi connectivity index (χ4n) is 2.67. The maximum Gasteiger partial charge on any atom is 0.294 e. The third kappa shape index (κ3) is 7.42. The fraction of sp³-hybridized carbons (Fsp3) is 0.174. The van der Waals surface area contributed by atoms with Crippen molar-refractivity contribution in [3.63, 3.8) is 0 Å². The van der Waals surface area contributed by atoms with Crippen LogP contribution in [0.3, 0.4) is 0 Å². The van der Waals surface area contributed by atoms with Crippen molar-refractivity contribution >= 4 is 32.2 Å². The molecule has 4 nitrogen and oxygen atoms in total. The first-order chi connectivity index (χ1) is 13.8. The number of fused-ring (bicyclic) bond motifs is 1. The Hall–Kier alpha value is -2.54. The predicted octanol–water partition coefficient (Wildman–Crippen LogP) is 6.10. The predicted molar refractivity (Wildman–Crippen MR) is 121 cm³/mol. The van der Waals surface area contributed by atoms with E-state index in [9.17, 15) is 8.42 Å². The molecule has 0 unspecified atom stereocenters. The van der Waals surface area contributed by atoms with E-state index in [1.165, 1.54) is 34.0 Å². The van der Waals surface area contributed by atoms with Crippen LogP contribution in [0.15, 0.2) is 82.6 Å². The van der Waals surface area contributed by atoms with Crippen molar-refractivity contribution < 1.29 is 13.0 Å². The van der Waals surface area contributed by atoms with E-state index < -0.39 is 10.1 Å². The molecule has 152 valence electrons. The number of benzene rings is 3. The molecule has 0 spiro atoms. The molecule has 0 saturated heterocycles. The molecular weight excluding hydrogens is 402 g/mol. The normalized spacial score (nSPS) is 10.5. The van der Waals surface area contributed by atoms with Crippen molar-refractivity contribution in [3.8, 4) is 0 Å². The molecule has 0 radical (unpaired) electrons. The largest absolute Gasteiger partial charge is 0.294 e. The quantitative estimate of drug-likeness (QED) is 0.393. The maximum atomic E-state index is 10.5. The molecule has 0 fully saturated rings. The number of aromatic nitrogens is 1. The van der Waals surface area contributed by atoms with Crippen LogP contribution in [-0.4, -0.2) is 18.0 Å². The molecule has 0 aliphatic carbocycles. The second-order valence-corrected chi connectivity index (χ2v) is 8.62. The summed E-state index contributed by atoms with van der Waals surface area (Å²) in [5, 5.41) is 4.63. The second-order valence-electron chi connectivity index (χ2n) is 6.44. The highest BCUT2D eigenvalue weighted by Gasteiger charge is 2.06. The summed E-state index contributed by atoms with van der Waals surface area (Å²) in [7, 11) is -4.02. The average molecular weight is 428 g/mol. The Bertz CT molecular complexity index is 1100. The van der Waals surface area contributed by atoms with Gasteiger partial charge in [-0.3, -0.25) is 9.54 Å². The molecule has 0 bridgehead atoms. The molecule has 0 amide bonds. The molecule has 0 atom stereocenters. The summed E-state index contributed by atoms with van der Waals surface area (Å²) in [6.45, 7) is 6.23. The van der Waals surface area contributed by atoms with Gasteiger partial charge < -0.3 is 0 Å². The number of hydrogen-bond acceptors (Lipinski definition) is 4. The fourth-order valence-corrected chi connectivity index (χ4v) is 3.50. The number of hydrogen-bond donors (Lipinski definition) is 1. The number of rotatable bonds is 2. The summed E-state index contributed by atoms with van der Waals surface area (Å²) >= 11 is 1.60. The average Bonchev–Trinajstić information content (AvgIpc) is 3.28. The van der Waals surface area contributed by atoms with Crippen LogP contribution in [0.1, 0.15) is 23.6 Å². The Balaban J connectivity index is 0.000000169. The molecule has 0 aliphatic heterocycles. The van der Waals surface area contributed by atoms with Gasteiger partial charge in [-0.25, -0.2) is 0 Å². The van der Waals surface area contributed by atoms with Gasteiger partial charge >= 0.3 is 0 Å². The molecule has 29 heavy (non-hydrogen) atoms. The van der Waals surface area contributed by atoms with Crippen molar-refractivity contribution in [3.05, 3.63) is 94.4 Å². The molecule has 4 aromatic rings. The molecule has 6 heteroatoms. The van der Waals surface area contributed by atoms with Crippen LogP contribution in [0.2, 0.25) is 0 Å². The lowest BCUT2D eigenvalue weighted by molar-refractivity contribution is 0.483. The van der Waals surface area contributed by atoms with Gasteiger partial charge in [-0.1, -0.05) is 61.0 Å². The van der Waals surface area contributed by atoms with Gasteiger partial charge in [0.25, 0.3) is 10.1 Å². The van der Waals surface area contributed by atoms with Gasteiger partial charge in [0.2, 0.25) is 0 Å². The smallest absolute Gasteiger partial charge is 0.282 e. The lowest BCUT2D eigenvalue weighted by atomic mass is 10.0. The summed E-state index contributed by atoms with van der Waals surface area (Å²) < 4.78 is 29.6. The molecular formula is C23H25NO3S2. The summed E-state index contributed by atoms with van der Waals surface area (Å²) in [6, 6.07) is 19.1. The molecule has 1 aromatic heterocycles. The summed E-state index contributed by atoms with van der Waals surface area (Å²) in [4.78, 5) is 3.67. The first-order valence-corrected chi connectivity index (χ1v) is 11.5. The van der Waals surface area contributed by atoms with Crippen LogP contribution in [0.4, 0.5) is 0 Å². The van der Waals surface area contributed by atoms with Crippen LogP contribution in [0.25, 0.3) is 10.8 Å². The molecule has 1 heterocycles. The van der Waals surface area contributed by atoms with Crippen molar-refractivity contribution in [2.24, 2.45) is 0 Å². The highest BCUT2D eigenvalue weighted by atomic mass is 32.2. The third-order valence-corrected chi connectivity index (χ3v) is 5.64. The van der Waals surface area contributed by atoms with Crippen molar-refractivity contribution in [2.75, 3.05) is 0 Å². The van der Waals surface area contributed by atoms with Gasteiger partial charge in [0, 0.05) is 11.6 Å². The lowest BCUT2D eigenvalue weighted by Gasteiger charge is -2.05. The van der Waals surface area contributed by atoms with E-state index in [0.29, 0.717) is 0 Å². The zero-order valence-corrected chi connectivity index (χ0v) is 18.4. The van der Waals surface area contributed by atoms with Gasteiger partial charge in [0.1, 0.15) is 0 Å². The van der Waals surface area contributed by atoms with E-state index >= 15 is 0 Å². The van der Waals surface area contributed by atoms with Crippen molar-refractivity contribution in [1.82, 2.24) is 4.98 Å². The van der Waals surface area contributed by atoms with Crippen LogP contribution in [-0.2, 0) is 16.5 Å². The monoisotopic (exact) mass is 427 g/mol. The van der Waals surface area contributed by atoms with Crippen LogP contribution >= 0.6 is 11.3 Å². The van der Waals surface area contributed by atoms with Gasteiger partial charge in [0.15, 0.2) is 0 Å². The molecule has 0 saturated carbocycles.